The molecular weight excluding hydrogens is 358 g/mol. The van der Waals surface area contributed by atoms with Crippen LogP contribution >= 0.6 is 11.3 Å². The van der Waals surface area contributed by atoms with Gasteiger partial charge in [-0.05, 0) is 30.2 Å². The van der Waals surface area contributed by atoms with Crippen LogP contribution in [0, 0.1) is 5.92 Å². The summed E-state index contributed by atoms with van der Waals surface area (Å²) in [7, 11) is 0. The summed E-state index contributed by atoms with van der Waals surface area (Å²) >= 11 is 1.41. The molecule has 2 aromatic rings. The number of hydrogen-bond acceptors (Lipinski definition) is 4. The lowest BCUT2D eigenvalue weighted by Crippen LogP contribution is -2.47. The van der Waals surface area contributed by atoms with Gasteiger partial charge in [0.25, 0.3) is 0 Å². The number of nitrogens with one attached hydrogen (secondary N) is 2. The second-order valence-corrected chi connectivity index (χ2v) is 8.38. The molecule has 1 aromatic heterocycles. The number of nitrogens with zero attached hydrogens (tertiary/aromatic N) is 1. The van der Waals surface area contributed by atoms with E-state index in [4.69, 9.17) is 0 Å². The summed E-state index contributed by atoms with van der Waals surface area (Å²) < 4.78 is 0. The van der Waals surface area contributed by atoms with E-state index in [1.807, 2.05) is 5.38 Å². The van der Waals surface area contributed by atoms with E-state index in [0.29, 0.717) is 11.0 Å². The Bertz CT molecular complexity index is 792. The van der Waals surface area contributed by atoms with Crippen molar-refractivity contribution >= 4 is 28.3 Å². The minimum Gasteiger partial charge on any atom is -0.344 e. The summed E-state index contributed by atoms with van der Waals surface area (Å²) in [6, 6.07) is 7.88. The van der Waals surface area contributed by atoms with Crippen molar-refractivity contribution < 1.29 is 9.59 Å². The molecule has 0 radical (unpaired) electrons. The van der Waals surface area contributed by atoms with E-state index in [0.717, 1.165) is 36.9 Å². The fourth-order valence-electron chi connectivity index (χ4n) is 3.59. The lowest BCUT2D eigenvalue weighted by atomic mass is 9.97. The van der Waals surface area contributed by atoms with Gasteiger partial charge in [-0.1, -0.05) is 51.0 Å². The quantitative estimate of drug-likeness (QED) is 0.765. The van der Waals surface area contributed by atoms with Gasteiger partial charge in [0.1, 0.15) is 6.04 Å². The SMILES string of the molecule is CC(=O)NC(C(=O)Nc1nc(-c2ccc(C(C)C)cc2)cs1)C1CCCC1. The van der Waals surface area contributed by atoms with Crippen molar-refractivity contribution in [2.75, 3.05) is 5.32 Å². The molecular formula is C21H27N3O2S. The average Bonchev–Trinajstić information content (AvgIpc) is 3.31. The standard InChI is InChI=1S/C21H27N3O2S/c1-13(2)15-8-10-16(11-9-15)18-12-27-21(23-18)24-20(26)19(22-14(3)25)17-6-4-5-7-17/h8-13,17,19H,4-7H2,1-3H3,(H,22,25)(H,23,24,26). The van der Waals surface area contributed by atoms with Crippen LogP contribution < -0.4 is 10.6 Å². The van der Waals surface area contributed by atoms with Gasteiger partial charge in [-0.3, -0.25) is 9.59 Å². The smallest absolute Gasteiger partial charge is 0.249 e. The number of thiazole rings is 1. The Morgan fingerprint density at radius 2 is 1.81 bits per heavy atom. The molecule has 1 saturated carbocycles. The highest BCUT2D eigenvalue weighted by molar-refractivity contribution is 7.14. The van der Waals surface area contributed by atoms with Gasteiger partial charge >= 0.3 is 0 Å². The zero-order valence-corrected chi connectivity index (χ0v) is 16.9. The second kappa shape index (κ2) is 8.65. The van der Waals surface area contributed by atoms with Crippen LogP contribution in [0.25, 0.3) is 11.3 Å². The van der Waals surface area contributed by atoms with Gasteiger partial charge in [0.15, 0.2) is 5.13 Å². The molecule has 2 amide bonds. The molecule has 1 aliphatic carbocycles. The first-order valence-corrected chi connectivity index (χ1v) is 10.5. The Morgan fingerprint density at radius 3 is 2.41 bits per heavy atom. The maximum absolute atomic E-state index is 12.7. The molecule has 1 atom stereocenters. The highest BCUT2D eigenvalue weighted by Crippen LogP contribution is 2.30. The lowest BCUT2D eigenvalue weighted by Gasteiger charge is -2.22. The van der Waals surface area contributed by atoms with Crippen molar-refractivity contribution in [3.63, 3.8) is 0 Å². The number of benzene rings is 1. The molecule has 0 bridgehead atoms. The van der Waals surface area contributed by atoms with Crippen molar-refractivity contribution in [1.29, 1.82) is 0 Å². The van der Waals surface area contributed by atoms with E-state index in [-0.39, 0.29) is 17.7 Å². The molecule has 0 saturated heterocycles. The van der Waals surface area contributed by atoms with Crippen LogP contribution in [0.15, 0.2) is 29.6 Å². The van der Waals surface area contributed by atoms with Crippen molar-refractivity contribution in [2.45, 2.75) is 58.4 Å². The van der Waals surface area contributed by atoms with Crippen LogP contribution in [0.2, 0.25) is 0 Å². The second-order valence-electron chi connectivity index (χ2n) is 7.53. The third-order valence-corrected chi connectivity index (χ3v) is 5.88. The van der Waals surface area contributed by atoms with Crippen LogP contribution in [0.3, 0.4) is 0 Å². The predicted molar refractivity (Wildman–Crippen MR) is 110 cm³/mol. The monoisotopic (exact) mass is 385 g/mol. The lowest BCUT2D eigenvalue weighted by molar-refractivity contribution is -0.126. The first-order valence-electron chi connectivity index (χ1n) is 9.58. The number of hydrogen-bond donors (Lipinski definition) is 2. The van der Waals surface area contributed by atoms with Crippen molar-refractivity contribution in [3.8, 4) is 11.3 Å². The van der Waals surface area contributed by atoms with Crippen molar-refractivity contribution in [1.82, 2.24) is 10.3 Å². The highest BCUT2D eigenvalue weighted by atomic mass is 32.1. The molecule has 0 aliphatic heterocycles. The Labute approximate surface area is 164 Å². The topological polar surface area (TPSA) is 71.1 Å². The van der Waals surface area contributed by atoms with Crippen LogP contribution in [0.5, 0.6) is 0 Å². The Kier molecular flexibility index (Phi) is 6.26. The summed E-state index contributed by atoms with van der Waals surface area (Å²) in [6.45, 7) is 5.79. The molecule has 144 valence electrons. The van der Waals surface area contributed by atoms with Gasteiger partial charge in [0.05, 0.1) is 5.69 Å². The minimum atomic E-state index is -0.484. The summed E-state index contributed by atoms with van der Waals surface area (Å²) in [5.41, 5.74) is 3.17. The fourth-order valence-corrected chi connectivity index (χ4v) is 4.32. The van der Waals surface area contributed by atoms with Crippen LogP contribution in [-0.4, -0.2) is 22.8 Å². The van der Waals surface area contributed by atoms with E-state index in [2.05, 4.69) is 53.7 Å². The van der Waals surface area contributed by atoms with Crippen LogP contribution in [0.1, 0.15) is 57.9 Å². The Hall–Kier alpha value is -2.21. The van der Waals surface area contributed by atoms with Gasteiger partial charge in [0.2, 0.25) is 11.8 Å². The normalized spacial score (nSPS) is 15.7. The number of carbonyl (C=O) groups is 2. The summed E-state index contributed by atoms with van der Waals surface area (Å²) in [5, 5.41) is 8.23. The molecule has 1 unspecified atom stereocenters. The molecule has 2 N–H and O–H groups in total. The number of carbonyl (C=O) groups excluding carboxylic acids is 2. The molecule has 1 heterocycles. The molecule has 1 aromatic carbocycles. The highest BCUT2D eigenvalue weighted by Gasteiger charge is 2.31. The maximum Gasteiger partial charge on any atom is 0.249 e. The third-order valence-electron chi connectivity index (χ3n) is 5.12. The fraction of sp³-hybridized carbons (Fsp3) is 0.476. The zero-order valence-electron chi connectivity index (χ0n) is 16.1. The average molecular weight is 386 g/mol. The van der Waals surface area contributed by atoms with E-state index >= 15 is 0 Å². The Morgan fingerprint density at radius 1 is 1.15 bits per heavy atom. The van der Waals surface area contributed by atoms with Gasteiger partial charge in [-0.25, -0.2) is 4.98 Å². The molecule has 27 heavy (non-hydrogen) atoms. The first kappa shape index (κ1) is 19.5. The van der Waals surface area contributed by atoms with Gasteiger partial charge in [-0.15, -0.1) is 11.3 Å². The molecule has 3 rings (SSSR count). The molecule has 5 nitrogen and oxygen atoms in total. The van der Waals surface area contributed by atoms with E-state index in [9.17, 15) is 9.59 Å². The first-order chi connectivity index (χ1) is 12.9. The zero-order chi connectivity index (χ0) is 19.4. The summed E-state index contributed by atoms with van der Waals surface area (Å²) in [4.78, 5) is 28.8. The van der Waals surface area contributed by atoms with Crippen LogP contribution in [0.4, 0.5) is 5.13 Å². The number of anilines is 1. The number of amides is 2. The number of aromatic nitrogens is 1. The molecule has 0 spiro atoms. The third kappa shape index (κ3) is 4.95. The number of rotatable bonds is 6. The van der Waals surface area contributed by atoms with Crippen LogP contribution in [-0.2, 0) is 9.59 Å². The van der Waals surface area contributed by atoms with Gasteiger partial charge < -0.3 is 10.6 Å². The summed E-state index contributed by atoms with van der Waals surface area (Å²) in [5.74, 6) is 0.350. The van der Waals surface area contributed by atoms with Crippen molar-refractivity contribution in [3.05, 3.63) is 35.2 Å². The summed E-state index contributed by atoms with van der Waals surface area (Å²) in [6.07, 6.45) is 4.18. The van der Waals surface area contributed by atoms with Gasteiger partial charge in [-0.2, -0.15) is 0 Å². The Balaban J connectivity index is 1.69. The minimum absolute atomic E-state index is 0.173. The van der Waals surface area contributed by atoms with E-state index < -0.39 is 6.04 Å². The van der Waals surface area contributed by atoms with Crippen molar-refractivity contribution in [2.24, 2.45) is 5.92 Å². The van der Waals surface area contributed by atoms with E-state index in [1.165, 1.54) is 23.8 Å². The molecule has 6 heteroatoms. The molecule has 1 aliphatic rings. The molecule has 1 fully saturated rings. The largest absolute Gasteiger partial charge is 0.344 e. The predicted octanol–water partition coefficient (Wildman–Crippen LogP) is 4.57. The van der Waals surface area contributed by atoms with Gasteiger partial charge in [0, 0.05) is 17.9 Å². The maximum atomic E-state index is 12.7. The van der Waals surface area contributed by atoms with E-state index in [1.54, 1.807) is 0 Å².